The fourth-order valence-corrected chi connectivity index (χ4v) is 2.59. The summed E-state index contributed by atoms with van der Waals surface area (Å²) in [7, 11) is 1.31. The van der Waals surface area contributed by atoms with Gasteiger partial charge in [0.1, 0.15) is 6.33 Å². The Kier molecular flexibility index (Phi) is 4.90. The smallest absolute Gasteiger partial charge is 0.377 e. The predicted molar refractivity (Wildman–Crippen MR) is 83.1 cm³/mol. The molecule has 1 fully saturated rings. The van der Waals surface area contributed by atoms with Crippen molar-refractivity contribution in [1.29, 1.82) is 0 Å². The molecule has 0 spiro atoms. The van der Waals surface area contributed by atoms with Crippen LogP contribution in [-0.2, 0) is 16.1 Å². The number of rotatable bonds is 4. The maximum Gasteiger partial charge on any atom is 0.377 e. The molecule has 7 nitrogen and oxygen atoms in total. The first-order valence-electron chi connectivity index (χ1n) is 7.23. The molecule has 23 heavy (non-hydrogen) atoms. The van der Waals surface area contributed by atoms with Crippen LogP contribution in [0.5, 0.6) is 0 Å². The minimum Gasteiger partial charge on any atom is -0.463 e. The summed E-state index contributed by atoms with van der Waals surface area (Å²) in [6.07, 6.45) is 1.52. The minimum atomic E-state index is -0.537. The van der Waals surface area contributed by atoms with Gasteiger partial charge in [0, 0.05) is 18.1 Å². The molecule has 0 saturated carbocycles. The summed E-state index contributed by atoms with van der Waals surface area (Å²) in [5.74, 6) is -0.472. The standard InChI is InChI=1S/C15H17ClN4O3/c1-22-15(21)14-17-9-20(18-14)10-19-6-7-23-13(8-19)11-2-4-12(16)5-3-11/h2-5,9,13H,6-8,10H2,1H3/t13-/m0/s1. The minimum absolute atomic E-state index is 0.00962. The van der Waals surface area contributed by atoms with Gasteiger partial charge in [0.25, 0.3) is 5.82 Å². The molecule has 1 aliphatic heterocycles. The van der Waals surface area contributed by atoms with E-state index in [1.165, 1.54) is 13.4 Å². The SMILES string of the molecule is COC(=O)c1ncn(CN2CCO[C@H](c3ccc(Cl)cc3)C2)n1. The Morgan fingerprint density at radius 3 is 2.96 bits per heavy atom. The lowest BCUT2D eigenvalue weighted by atomic mass is 10.1. The van der Waals surface area contributed by atoms with E-state index in [-0.39, 0.29) is 11.9 Å². The van der Waals surface area contributed by atoms with E-state index >= 15 is 0 Å². The summed E-state index contributed by atoms with van der Waals surface area (Å²) in [5.41, 5.74) is 1.09. The van der Waals surface area contributed by atoms with Gasteiger partial charge in [-0.05, 0) is 17.7 Å². The fourth-order valence-electron chi connectivity index (χ4n) is 2.46. The third kappa shape index (κ3) is 3.87. The monoisotopic (exact) mass is 336 g/mol. The maximum absolute atomic E-state index is 11.4. The Labute approximate surface area is 138 Å². The molecule has 1 aromatic carbocycles. The van der Waals surface area contributed by atoms with E-state index in [1.807, 2.05) is 24.3 Å². The van der Waals surface area contributed by atoms with Crippen molar-refractivity contribution in [3.05, 3.63) is 47.0 Å². The highest BCUT2D eigenvalue weighted by Gasteiger charge is 2.22. The number of hydrogen-bond donors (Lipinski definition) is 0. The van der Waals surface area contributed by atoms with Gasteiger partial charge < -0.3 is 9.47 Å². The third-order valence-corrected chi connectivity index (χ3v) is 3.89. The van der Waals surface area contributed by atoms with Gasteiger partial charge in [-0.1, -0.05) is 23.7 Å². The molecule has 2 aromatic rings. The van der Waals surface area contributed by atoms with Crippen LogP contribution in [0.2, 0.25) is 5.02 Å². The van der Waals surface area contributed by atoms with Crippen LogP contribution in [0.4, 0.5) is 0 Å². The first kappa shape index (κ1) is 15.9. The van der Waals surface area contributed by atoms with E-state index in [9.17, 15) is 4.79 Å². The largest absolute Gasteiger partial charge is 0.463 e. The summed E-state index contributed by atoms with van der Waals surface area (Å²) in [6.45, 7) is 2.69. The molecule has 1 atom stereocenters. The molecular formula is C15H17ClN4O3. The molecule has 0 amide bonds. The highest BCUT2D eigenvalue weighted by atomic mass is 35.5. The van der Waals surface area contributed by atoms with Crippen LogP contribution >= 0.6 is 11.6 Å². The van der Waals surface area contributed by atoms with Crippen molar-refractivity contribution in [2.75, 3.05) is 26.8 Å². The number of carbonyl (C=O) groups is 1. The molecule has 0 radical (unpaired) electrons. The molecule has 0 N–H and O–H groups in total. The van der Waals surface area contributed by atoms with Gasteiger partial charge >= 0.3 is 5.97 Å². The average molecular weight is 337 g/mol. The Morgan fingerprint density at radius 1 is 1.43 bits per heavy atom. The lowest BCUT2D eigenvalue weighted by Gasteiger charge is -2.32. The highest BCUT2D eigenvalue weighted by molar-refractivity contribution is 6.30. The van der Waals surface area contributed by atoms with E-state index in [1.54, 1.807) is 4.68 Å². The second kappa shape index (κ2) is 7.08. The number of hydrogen-bond acceptors (Lipinski definition) is 6. The van der Waals surface area contributed by atoms with Crippen LogP contribution < -0.4 is 0 Å². The first-order valence-corrected chi connectivity index (χ1v) is 7.60. The molecule has 1 aromatic heterocycles. The molecule has 0 unspecified atom stereocenters. The Morgan fingerprint density at radius 2 is 2.22 bits per heavy atom. The van der Waals surface area contributed by atoms with Gasteiger partial charge in [-0.25, -0.2) is 14.5 Å². The number of halogens is 1. The molecule has 0 bridgehead atoms. The van der Waals surface area contributed by atoms with Gasteiger partial charge in [0.15, 0.2) is 0 Å². The average Bonchev–Trinajstić information content (AvgIpc) is 3.03. The van der Waals surface area contributed by atoms with Crippen molar-refractivity contribution in [1.82, 2.24) is 19.7 Å². The summed E-state index contributed by atoms with van der Waals surface area (Å²) in [6, 6.07) is 7.67. The van der Waals surface area contributed by atoms with E-state index in [0.29, 0.717) is 18.3 Å². The maximum atomic E-state index is 11.4. The molecular weight excluding hydrogens is 320 g/mol. The second-order valence-electron chi connectivity index (χ2n) is 5.23. The lowest BCUT2D eigenvalue weighted by molar-refractivity contribution is -0.0417. The Balaban J connectivity index is 1.63. The number of benzene rings is 1. The van der Waals surface area contributed by atoms with E-state index in [2.05, 4.69) is 19.7 Å². The molecule has 3 rings (SSSR count). The molecule has 0 aliphatic carbocycles. The molecule has 122 valence electrons. The second-order valence-corrected chi connectivity index (χ2v) is 5.67. The normalized spacial score (nSPS) is 18.8. The van der Waals surface area contributed by atoms with Gasteiger partial charge in [-0.2, -0.15) is 0 Å². The van der Waals surface area contributed by atoms with Crippen LogP contribution in [0.25, 0.3) is 0 Å². The van der Waals surface area contributed by atoms with Crippen molar-refractivity contribution in [2.24, 2.45) is 0 Å². The molecule has 1 saturated heterocycles. The summed E-state index contributed by atoms with van der Waals surface area (Å²) in [5, 5.41) is 4.82. The number of aromatic nitrogens is 3. The first-order chi connectivity index (χ1) is 11.2. The summed E-state index contributed by atoms with van der Waals surface area (Å²) >= 11 is 5.92. The van der Waals surface area contributed by atoms with Crippen molar-refractivity contribution >= 4 is 17.6 Å². The fraction of sp³-hybridized carbons (Fsp3) is 0.400. The van der Waals surface area contributed by atoms with Crippen LogP contribution in [0.1, 0.15) is 22.3 Å². The molecule has 2 heterocycles. The van der Waals surface area contributed by atoms with E-state index in [0.717, 1.165) is 18.7 Å². The van der Waals surface area contributed by atoms with Gasteiger partial charge in [-0.15, -0.1) is 5.10 Å². The van der Waals surface area contributed by atoms with Crippen LogP contribution in [-0.4, -0.2) is 52.4 Å². The summed E-state index contributed by atoms with van der Waals surface area (Å²) in [4.78, 5) is 17.5. The number of ether oxygens (including phenoxy) is 2. The zero-order chi connectivity index (χ0) is 16.2. The third-order valence-electron chi connectivity index (χ3n) is 3.64. The van der Waals surface area contributed by atoms with Crippen molar-refractivity contribution in [2.45, 2.75) is 12.8 Å². The Hall–Kier alpha value is -1.96. The van der Waals surface area contributed by atoms with Gasteiger partial charge in [0.2, 0.25) is 0 Å². The lowest BCUT2D eigenvalue weighted by Crippen LogP contribution is -2.39. The number of nitrogens with zero attached hydrogens (tertiary/aromatic N) is 4. The van der Waals surface area contributed by atoms with Crippen molar-refractivity contribution in [3.63, 3.8) is 0 Å². The topological polar surface area (TPSA) is 69.5 Å². The van der Waals surface area contributed by atoms with Gasteiger partial charge in [0.05, 0.1) is 26.5 Å². The van der Waals surface area contributed by atoms with Crippen LogP contribution in [0, 0.1) is 0 Å². The van der Waals surface area contributed by atoms with E-state index < -0.39 is 5.97 Å². The number of methoxy groups -OCH3 is 1. The molecule has 8 heteroatoms. The van der Waals surface area contributed by atoms with Crippen molar-refractivity contribution in [3.8, 4) is 0 Å². The zero-order valence-corrected chi connectivity index (χ0v) is 13.4. The van der Waals surface area contributed by atoms with Crippen LogP contribution in [0.3, 0.4) is 0 Å². The van der Waals surface area contributed by atoms with Crippen molar-refractivity contribution < 1.29 is 14.3 Å². The number of morpholine rings is 1. The number of esters is 1. The highest BCUT2D eigenvalue weighted by Crippen LogP contribution is 2.23. The quantitative estimate of drug-likeness (QED) is 0.792. The van der Waals surface area contributed by atoms with Gasteiger partial charge in [-0.3, -0.25) is 4.90 Å². The zero-order valence-electron chi connectivity index (χ0n) is 12.7. The Bertz CT molecular complexity index is 674. The number of carbonyl (C=O) groups excluding carboxylic acids is 1. The predicted octanol–water partition coefficient (Wildman–Crippen LogP) is 1.75. The molecule has 1 aliphatic rings. The van der Waals surface area contributed by atoms with Crippen LogP contribution in [0.15, 0.2) is 30.6 Å². The summed E-state index contributed by atoms with van der Waals surface area (Å²) < 4.78 is 12.1. The van der Waals surface area contributed by atoms with E-state index in [4.69, 9.17) is 16.3 Å².